The molecule has 0 bridgehead atoms. The maximum atomic E-state index is 5.78. The van der Waals surface area contributed by atoms with Crippen molar-refractivity contribution in [3.8, 4) is 11.5 Å². The number of hydrogen-bond acceptors (Lipinski definition) is 2. The van der Waals surface area contributed by atoms with Crippen molar-refractivity contribution < 1.29 is 38.3 Å². The van der Waals surface area contributed by atoms with E-state index in [-0.39, 0.29) is 33.6 Å². The third-order valence-corrected chi connectivity index (χ3v) is 6.65. The quantitative estimate of drug-likeness (QED) is 0.481. The number of rotatable bonds is 4. The molecule has 0 aliphatic rings. The van der Waals surface area contributed by atoms with Crippen LogP contribution in [0.1, 0.15) is 0 Å². The van der Waals surface area contributed by atoms with E-state index in [1.807, 2.05) is 41.7 Å². The number of thiophene rings is 1. The van der Waals surface area contributed by atoms with Gasteiger partial charge in [-0.05, 0) is 47.8 Å². The Kier molecular flexibility index (Phi) is 5.88. The van der Waals surface area contributed by atoms with Crippen molar-refractivity contribution in [3.05, 3.63) is 78.6 Å². The first-order valence-corrected chi connectivity index (χ1v) is 8.95. The molecule has 0 radical (unpaired) electrons. The molecule has 3 aromatic rings. The Morgan fingerprint density at radius 1 is 0.750 bits per heavy atom. The SMILES string of the molecule is [Cl-].c1ccc(Oc2ccc([I+]c3cccs3)cc2)cc1. The number of para-hydroxylation sites is 1. The maximum absolute atomic E-state index is 5.78. The number of hydrogen-bond donors (Lipinski definition) is 0. The minimum atomic E-state index is -0.0440. The van der Waals surface area contributed by atoms with Crippen LogP contribution in [-0.2, 0) is 0 Å². The Morgan fingerprint density at radius 2 is 1.45 bits per heavy atom. The van der Waals surface area contributed by atoms with Crippen molar-refractivity contribution >= 4 is 11.3 Å². The molecule has 1 nitrogen and oxygen atoms in total. The molecule has 4 heteroatoms. The molecule has 0 unspecified atom stereocenters. The number of benzene rings is 2. The van der Waals surface area contributed by atoms with E-state index in [4.69, 9.17) is 4.74 Å². The molecule has 1 heterocycles. The molecular formula is C16H12ClIOS. The van der Waals surface area contributed by atoms with Crippen molar-refractivity contribution in [1.29, 1.82) is 0 Å². The normalized spacial score (nSPS) is 9.80. The highest BCUT2D eigenvalue weighted by Crippen LogP contribution is 2.19. The molecule has 102 valence electrons. The Morgan fingerprint density at radius 3 is 2.10 bits per heavy atom. The Balaban J connectivity index is 0.00000147. The lowest BCUT2D eigenvalue weighted by molar-refractivity contribution is -0.591. The van der Waals surface area contributed by atoms with Gasteiger partial charge in [0.05, 0.1) is 0 Å². The number of ether oxygens (including phenoxy) is 1. The molecule has 0 saturated heterocycles. The van der Waals surface area contributed by atoms with Crippen molar-refractivity contribution in [2.75, 3.05) is 0 Å². The topological polar surface area (TPSA) is 9.23 Å². The van der Waals surface area contributed by atoms with Crippen molar-refractivity contribution in [2.45, 2.75) is 0 Å². The van der Waals surface area contributed by atoms with Crippen molar-refractivity contribution in [2.24, 2.45) is 0 Å². The van der Waals surface area contributed by atoms with Gasteiger partial charge in [0.25, 0.3) is 0 Å². The lowest BCUT2D eigenvalue weighted by Crippen LogP contribution is -3.61. The van der Waals surface area contributed by atoms with Gasteiger partial charge < -0.3 is 17.1 Å². The summed E-state index contributed by atoms with van der Waals surface area (Å²) in [5, 5.41) is 2.14. The van der Waals surface area contributed by atoms with Crippen molar-refractivity contribution in [3.63, 3.8) is 0 Å². The fourth-order valence-electron chi connectivity index (χ4n) is 1.61. The van der Waals surface area contributed by atoms with Gasteiger partial charge in [0, 0.05) is 6.07 Å². The average molecular weight is 415 g/mol. The highest BCUT2D eigenvalue weighted by atomic mass is 127. The van der Waals surface area contributed by atoms with Gasteiger partial charge in [-0.25, -0.2) is 0 Å². The molecule has 3 rings (SSSR count). The van der Waals surface area contributed by atoms with E-state index in [9.17, 15) is 0 Å². The predicted molar refractivity (Wildman–Crippen MR) is 74.7 cm³/mol. The summed E-state index contributed by atoms with van der Waals surface area (Å²) in [5.41, 5.74) is 0. The second-order valence-electron chi connectivity index (χ2n) is 3.88. The van der Waals surface area contributed by atoms with Gasteiger partial charge in [0.1, 0.15) is 11.5 Å². The molecule has 0 aliphatic heterocycles. The summed E-state index contributed by atoms with van der Waals surface area (Å²) in [6.07, 6.45) is 0. The van der Waals surface area contributed by atoms with Crippen molar-refractivity contribution in [1.82, 2.24) is 0 Å². The lowest BCUT2D eigenvalue weighted by Gasteiger charge is -2.03. The van der Waals surface area contributed by atoms with E-state index in [0.29, 0.717) is 0 Å². The van der Waals surface area contributed by atoms with Crippen LogP contribution in [0.4, 0.5) is 0 Å². The van der Waals surface area contributed by atoms with Crippen LogP contribution in [0.2, 0.25) is 0 Å². The van der Waals surface area contributed by atoms with E-state index < -0.39 is 0 Å². The van der Waals surface area contributed by atoms with Gasteiger partial charge in [-0.2, -0.15) is 0 Å². The second kappa shape index (κ2) is 7.67. The van der Waals surface area contributed by atoms with Crippen LogP contribution in [0.15, 0.2) is 72.1 Å². The first-order chi connectivity index (χ1) is 9.40. The third kappa shape index (κ3) is 4.23. The molecule has 0 N–H and O–H groups in total. The first kappa shape index (κ1) is 15.4. The minimum absolute atomic E-state index is 0. The van der Waals surface area contributed by atoms with Gasteiger partial charge in [0.15, 0.2) is 3.57 Å². The summed E-state index contributed by atoms with van der Waals surface area (Å²) in [4.78, 5) is 0. The molecule has 0 amide bonds. The standard InChI is InChI=1S/C16H12IOS.ClH/c1-2-5-14(6-3-1)18-15-10-8-13(9-11-15)17-16-7-4-12-19-16;/h1-12H;1H/q+1;/p-1. The summed E-state index contributed by atoms with van der Waals surface area (Å²) < 4.78 is 8.70. The smallest absolute Gasteiger partial charge is 0.369 e. The molecule has 0 aliphatic carbocycles. The molecule has 20 heavy (non-hydrogen) atoms. The van der Waals surface area contributed by atoms with E-state index in [1.54, 1.807) is 0 Å². The van der Waals surface area contributed by atoms with Crippen LogP contribution in [0.25, 0.3) is 0 Å². The van der Waals surface area contributed by atoms with E-state index in [0.717, 1.165) is 11.5 Å². The van der Waals surface area contributed by atoms with Gasteiger partial charge in [-0.15, -0.1) is 0 Å². The van der Waals surface area contributed by atoms with Gasteiger partial charge in [-0.3, -0.25) is 0 Å². The highest BCUT2D eigenvalue weighted by molar-refractivity contribution is 7.07. The summed E-state index contributed by atoms with van der Waals surface area (Å²) in [5.74, 6) is 1.77. The summed E-state index contributed by atoms with van der Waals surface area (Å²) >= 11 is 1.80. The molecule has 2 aromatic carbocycles. The van der Waals surface area contributed by atoms with Gasteiger partial charge in [0.2, 0.25) is 2.88 Å². The van der Waals surface area contributed by atoms with E-state index >= 15 is 0 Å². The van der Waals surface area contributed by atoms with E-state index in [1.165, 1.54) is 6.45 Å². The third-order valence-electron chi connectivity index (χ3n) is 2.48. The fourth-order valence-corrected chi connectivity index (χ4v) is 5.24. The zero-order valence-corrected chi connectivity index (χ0v) is 14.2. The van der Waals surface area contributed by atoms with Crippen LogP contribution >= 0.6 is 11.3 Å². The molecule has 0 spiro atoms. The maximum Gasteiger partial charge on any atom is 0.369 e. The molecular weight excluding hydrogens is 403 g/mol. The zero-order valence-electron chi connectivity index (χ0n) is 10.5. The monoisotopic (exact) mass is 414 g/mol. The van der Waals surface area contributed by atoms with Crippen LogP contribution in [0, 0.1) is 6.45 Å². The second-order valence-corrected chi connectivity index (χ2v) is 8.51. The molecule has 0 atom stereocenters. The molecule has 0 saturated carbocycles. The van der Waals surface area contributed by atoms with Gasteiger partial charge >= 0.3 is 21.2 Å². The Bertz CT molecular complexity index is 623. The Labute approximate surface area is 139 Å². The minimum Gasteiger partial charge on any atom is -1.00 e. The summed E-state index contributed by atoms with van der Waals surface area (Å²) in [6, 6.07) is 22.7. The fraction of sp³-hybridized carbons (Fsp3) is 0. The van der Waals surface area contributed by atoms with E-state index in [2.05, 4.69) is 41.8 Å². The highest BCUT2D eigenvalue weighted by Gasteiger charge is 2.16. The predicted octanol–water partition coefficient (Wildman–Crippen LogP) is -1.33. The molecule has 0 fully saturated rings. The summed E-state index contributed by atoms with van der Waals surface area (Å²) in [7, 11) is 0. The van der Waals surface area contributed by atoms with Gasteiger partial charge in [-0.1, -0.05) is 29.5 Å². The summed E-state index contributed by atoms with van der Waals surface area (Å²) in [6.45, 7) is 0. The Hall–Kier alpha value is -1.04. The van der Waals surface area contributed by atoms with Crippen LogP contribution in [0.3, 0.4) is 0 Å². The van der Waals surface area contributed by atoms with Crippen LogP contribution in [0.5, 0.6) is 11.5 Å². The van der Waals surface area contributed by atoms with Crippen LogP contribution in [-0.4, -0.2) is 0 Å². The zero-order chi connectivity index (χ0) is 12.9. The average Bonchev–Trinajstić information content (AvgIpc) is 2.95. The first-order valence-electron chi connectivity index (χ1n) is 5.91. The number of halogens is 2. The molecule has 1 aromatic heterocycles. The lowest BCUT2D eigenvalue weighted by atomic mass is 10.3. The largest absolute Gasteiger partial charge is 1.00 e. The van der Waals surface area contributed by atoms with Crippen LogP contribution < -0.4 is 38.3 Å².